The van der Waals surface area contributed by atoms with Gasteiger partial charge in [-0.2, -0.15) is 0 Å². The summed E-state index contributed by atoms with van der Waals surface area (Å²) >= 11 is 0. The molecule has 2 aromatic carbocycles. The van der Waals surface area contributed by atoms with Gasteiger partial charge in [0.05, 0.1) is 12.7 Å². The molecule has 0 radical (unpaired) electrons. The molecule has 1 heterocycles. The molecule has 2 atom stereocenters. The van der Waals surface area contributed by atoms with Crippen LogP contribution in [0.4, 0.5) is 4.39 Å². The maximum atomic E-state index is 13.0. The minimum Gasteiger partial charge on any atom is -0.387 e. The highest BCUT2D eigenvalue weighted by Gasteiger charge is 2.34. The minimum absolute atomic E-state index is 0.288. The topological polar surface area (TPSA) is 32.7 Å². The third kappa shape index (κ3) is 3.78. The van der Waals surface area contributed by atoms with Crippen molar-refractivity contribution < 1.29 is 14.2 Å². The molecular formula is C19H22FNO2. The summed E-state index contributed by atoms with van der Waals surface area (Å²) in [4.78, 5) is 2.20. The first-order valence-electron chi connectivity index (χ1n) is 7.92. The van der Waals surface area contributed by atoms with Gasteiger partial charge in [0.25, 0.3) is 0 Å². The molecule has 0 amide bonds. The average Bonchev–Trinajstić information content (AvgIpc) is 2.56. The molecule has 23 heavy (non-hydrogen) atoms. The van der Waals surface area contributed by atoms with Crippen molar-refractivity contribution in [1.82, 2.24) is 4.90 Å². The van der Waals surface area contributed by atoms with Gasteiger partial charge in [-0.25, -0.2) is 4.39 Å². The molecule has 1 fully saturated rings. The van der Waals surface area contributed by atoms with Crippen LogP contribution in [0.15, 0.2) is 54.6 Å². The second kappa shape index (κ2) is 6.79. The molecule has 3 nitrogen and oxygen atoms in total. The lowest BCUT2D eigenvalue weighted by Gasteiger charge is -2.41. The molecule has 1 saturated heterocycles. The molecule has 0 saturated carbocycles. The maximum Gasteiger partial charge on any atom is 0.123 e. The number of aliphatic hydroxyl groups excluding tert-OH is 1. The zero-order chi connectivity index (χ0) is 16.3. The number of aliphatic hydroxyl groups is 1. The van der Waals surface area contributed by atoms with Gasteiger partial charge in [0.2, 0.25) is 0 Å². The number of benzene rings is 2. The fourth-order valence-electron chi connectivity index (χ4n) is 3.11. The highest BCUT2D eigenvalue weighted by molar-refractivity contribution is 5.23. The van der Waals surface area contributed by atoms with E-state index in [2.05, 4.69) is 24.0 Å². The van der Waals surface area contributed by atoms with Crippen molar-refractivity contribution in [3.05, 3.63) is 71.5 Å². The highest BCUT2D eigenvalue weighted by atomic mass is 19.1. The van der Waals surface area contributed by atoms with Gasteiger partial charge in [-0.15, -0.1) is 0 Å². The van der Waals surface area contributed by atoms with Crippen molar-refractivity contribution in [2.45, 2.75) is 18.6 Å². The number of halogens is 1. The number of β-amino-alcohol motifs (C(OH)–C–C–N with tert-alkyl or cyclic N) is 1. The fraction of sp³-hybridized carbons (Fsp3) is 0.368. The Morgan fingerprint density at radius 2 is 1.87 bits per heavy atom. The zero-order valence-electron chi connectivity index (χ0n) is 13.3. The summed E-state index contributed by atoms with van der Waals surface area (Å²) in [7, 11) is 0. The van der Waals surface area contributed by atoms with E-state index in [0.29, 0.717) is 13.2 Å². The predicted octanol–water partition coefficient (Wildman–Crippen LogP) is 3.11. The van der Waals surface area contributed by atoms with Gasteiger partial charge in [-0.05, 0) is 30.2 Å². The van der Waals surface area contributed by atoms with E-state index >= 15 is 0 Å². The van der Waals surface area contributed by atoms with E-state index in [4.69, 9.17) is 4.74 Å². The number of hydrogen-bond donors (Lipinski definition) is 1. The Morgan fingerprint density at radius 1 is 1.17 bits per heavy atom. The van der Waals surface area contributed by atoms with Crippen LogP contribution in [-0.2, 0) is 10.3 Å². The lowest BCUT2D eigenvalue weighted by atomic mass is 9.93. The molecule has 2 unspecified atom stereocenters. The molecular weight excluding hydrogens is 293 g/mol. The van der Waals surface area contributed by atoms with E-state index < -0.39 is 6.10 Å². The normalized spacial score (nSPS) is 23.6. The van der Waals surface area contributed by atoms with E-state index in [0.717, 1.165) is 24.2 Å². The van der Waals surface area contributed by atoms with Crippen molar-refractivity contribution in [2.24, 2.45) is 0 Å². The Labute approximate surface area is 136 Å². The first-order valence-corrected chi connectivity index (χ1v) is 7.92. The van der Waals surface area contributed by atoms with Crippen LogP contribution in [0.1, 0.15) is 24.2 Å². The van der Waals surface area contributed by atoms with E-state index in [1.54, 1.807) is 12.1 Å². The molecule has 2 aromatic rings. The number of rotatable bonds is 4. The van der Waals surface area contributed by atoms with Crippen molar-refractivity contribution in [3.8, 4) is 0 Å². The smallest absolute Gasteiger partial charge is 0.123 e. The van der Waals surface area contributed by atoms with Gasteiger partial charge in [0.1, 0.15) is 11.4 Å². The molecule has 4 heteroatoms. The van der Waals surface area contributed by atoms with Gasteiger partial charge in [0, 0.05) is 19.6 Å². The third-order valence-corrected chi connectivity index (χ3v) is 4.42. The van der Waals surface area contributed by atoms with Crippen LogP contribution in [0, 0.1) is 5.82 Å². The van der Waals surface area contributed by atoms with Crippen LogP contribution in [0.5, 0.6) is 0 Å². The second-order valence-electron chi connectivity index (χ2n) is 6.25. The number of ether oxygens (including phenoxy) is 1. The number of nitrogens with zero attached hydrogens (tertiary/aromatic N) is 1. The molecule has 1 N–H and O–H groups in total. The van der Waals surface area contributed by atoms with Crippen LogP contribution in [0.25, 0.3) is 0 Å². The molecule has 1 aliphatic rings. The fourth-order valence-corrected chi connectivity index (χ4v) is 3.11. The molecule has 0 bridgehead atoms. The molecule has 122 valence electrons. The van der Waals surface area contributed by atoms with Gasteiger partial charge >= 0.3 is 0 Å². The van der Waals surface area contributed by atoms with E-state index in [9.17, 15) is 9.50 Å². The van der Waals surface area contributed by atoms with Crippen LogP contribution >= 0.6 is 0 Å². The lowest BCUT2D eigenvalue weighted by molar-refractivity contribution is -0.109. The van der Waals surface area contributed by atoms with E-state index in [1.165, 1.54) is 12.1 Å². The summed E-state index contributed by atoms with van der Waals surface area (Å²) in [5.41, 5.74) is 1.50. The summed E-state index contributed by atoms with van der Waals surface area (Å²) in [6.45, 7) is 4.72. The standard InChI is InChI=1S/C19H22FNO2/c1-19(16-5-3-2-4-6-16)14-21(11-12-23-19)13-18(22)15-7-9-17(20)10-8-15/h2-10,18,22H,11-14H2,1H3. The Kier molecular flexibility index (Phi) is 4.76. The van der Waals surface area contributed by atoms with Crippen molar-refractivity contribution >= 4 is 0 Å². The number of morpholine rings is 1. The largest absolute Gasteiger partial charge is 0.387 e. The van der Waals surface area contributed by atoms with E-state index in [-0.39, 0.29) is 11.4 Å². The Morgan fingerprint density at radius 3 is 2.57 bits per heavy atom. The summed E-state index contributed by atoms with van der Waals surface area (Å²) in [5.74, 6) is -0.288. The summed E-state index contributed by atoms with van der Waals surface area (Å²) in [6, 6.07) is 16.2. The van der Waals surface area contributed by atoms with Gasteiger partial charge in [-0.3, -0.25) is 4.90 Å². The van der Waals surface area contributed by atoms with Crippen LogP contribution < -0.4 is 0 Å². The first kappa shape index (κ1) is 16.1. The second-order valence-corrected chi connectivity index (χ2v) is 6.25. The van der Waals surface area contributed by atoms with Crippen molar-refractivity contribution in [3.63, 3.8) is 0 Å². The lowest BCUT2D eigenvalue weighted by Crippen LogP contribution is -2.49. The minimum atomic E-state index is -0.631. The average molecular weight is 315 g/mol. The van der Waals surface area contributed by atoms with Gasteiger partial charge < -0.3 is 9.84 Å². The predicted molar refractivity (Wildman–Crippen MR) is 87.5 cm³/mol. The molecule has 0 aliphatic carbocycles. The molecule has 1 aliphatic heterocycles. The van der Waals surface area contributed by atoms with E-state index in [1.807, 2.05) is 18.2 Å². The monoisotopic (exact) mass is 315 g/mol. The summed E-state index contributed by atoms with van der Waals surface area (Å²) < 4.78 is 19.0. The SMILES string of the molecule is CC1(c2ccccc2)CN(CC(O)c2ccc(F)cc2)CCO1. The molecule has 3 rings (SSSR count). The highest BCUT2D eigenvalue weighted by Crippen LogP contribution is 2.30. The quantitative estimate of drug-likeness (QED) is 0.941. The molecule has 0 spiro atoms. The van der Waals surface area contributed by atoms with Crippen LogP contribution in [-0.4, -0.2) is 36.2 Å². The molecule has 0 aromatic heterocycles. The maximum absolute atomic E-state index is 13.0. The Balaban J connectivity index is 1.68. The van der Waals surface area contributed by atoms with Crippen molar-refractivity contribution in [1.29, 1.82) is 0 Å². The summed E-state index contributed by atoms with van der Waals surface area (Å²) in [5, 5.41) is 10.4. The summed E-state index contributed by atoms with van der Waals surface area (Å²) in [6.07, 6.45) is -0.631. The Hall–Kier alpha value is -1.75. The zero-order valence-corrected chi connectivity index (χ0v) is 13.3. The van der Waals surface area contributed by atoms with Crippen molar-refractivity contribution in [2.75, 3.05) is 26.2 Å². The first-order chi connectivity index (χ1) is 11.1. The Bertz CT molecular complexity index is 632. The third-order valence-electron chi connectivity index (χ3n) is 4.42. The van der Waals surface area contributed by atoms with Crippen LogP contribution in [0.2, 0.25) is 0 Å². The van der Waals surface area contributed by atoms with Gasteiger partial charge in [0.15, 0.2) is 0 Å². The number of hydrogen-bond acceptors (Lipinski definition) is 3. The van der Waals surface area contributed by atoms with Crippen LogP contribution in [0.3, 0.4) is 0 Å². The van der Waals surface area contributed by atoms with Gasteiger partial charge in [-0.1, -0.05) is 42.5 Å².